The van der Waals surface area contributed by atoms with Gasteiger partial charge < -0.3 is 18.6 Å². The summed E-state index contributed by atoms with van der Waals surface area (Å²) in [7, 11) is 4.87. The molecule has 4 aromatic rings. The van der Waals surface area contributed by atoms with E-state index in [1.807, 2.05) is 47.8 Å². The minimum Gasteiger partial charge on any atom is -0.497 e. The molecule has 30 heavy (non-hydrogen) atoms. The molecule has 4 rings (SSSR count). The van der Waals surface area contributed by atoms with Crippen molar-refractivity contribution in [2.45, 2.75) is 11.0 Å². The van der Waals surface area contributed by atoms with Crippen LogP contribution >= 0.6 is 23.1 Å². The Kier molecular flexibility index (Phi) is 6.20. The summed E-state index contributed by atoms with van der Waals surface area (Å²) in [6.07, 6.45) is 0. The maximum absolute atomic E-state index is 5.76. The second kappa shape index (κ2) is 9.19. The normalized spacial score (nSPS) is 10.8. The van der Waals surface area contributed by atoms with Crippen LogP contribution < -0.4 is 14.2 Å². The number of nitrogens with zero attached hydrogens (tertiary/aromatic N) is 3. The van der Waals surface area contributed by atoms with Crippen LogP contribution in [-0.4, -0.2) is 36.5 Å². The third kappa shape index (κ3) is 4.42. The Labute approximate surface area is 182 Å². The van der Waals surface area contributed by atoms with Gasteiger partial charge in [0, 0.05) is 22.3 Å². The number of thiazole rings is 1. The van der Waals surface area contributed by atoms with Crippen molar-refractivity contribution in [1.29, 1.82) is 0 Å². The Morgan fingerprint density at radius 3 is 2.40 bits per heavy atom. The molecule has 0 unspecified atom stereocenters. The van der Waals surface area contributed by atoms with E-state index >= 15 is 0 Å². The second-order valence-corrected chi connectivity index (χ2v) is 7.89. The molecule has 0 atom stereocenters. The Morgan fingerprint density at radius 2 is 1.67 bits per heavy atom. The predicted octanol–water partition coefficient (Wildman–Crippen LogP) is 5.18. The van der Waals surface area contributed by atoms with Gasteiger partial charge in [-0.3, -0.25) is 0 Å². The second-order valence-electron chi connectivity index (χ2n) is 6.10. The molecule has 2 aromatic carbocycles. The summed E-state index contributed by atoms with van der Waals surface area (Å²) < 4.78 is 21.6. The fraction of sp³-hybridized carbons (Fsp3) is 0.190. The van der Waals surface area contributed by atoms with Crippen molar-refractivity contribution in [3.63, 3.8) is 0 Å². The van der Waals surface area contributed by atoms with E-state index in [1.165, 1.54) is 11.8 Å². The van der Waals surface area contributed by atoms with Crippen molar-refractivity contribution in [2.24, 2.45) is 0 Å². The molecule has 0 N–H and O–H groups in total. The zero-order valence-corrected chi connectivity index (χ0v) is 18.3. The van der Waals surface area contributed by atoms with Crippen LogP contribution in [0, 0.1) is 0 Å². The molecule has 0 aliphatic rings. The van der Waals surface area contributed by atoms with Crippen molar-refractivity contribution in [2.75, 3.05) is 21.3 Å². The number of benzene rings is 2. The van der Waals surface area contributed by atoms with Crippen LogP contribution in [0.4, 0.5) is 0 Å². The van der Waals surface area contributed by atoms with E-state index < -0.39 is 0 Å². The molecule has 0 saturated carbocycles. The third-order valence-electron chi connectivity index (χ3n) is 4.27. The van der Waals surface area contributed by atoms with Crippen molar-refractivity contribution in [3.05, 3.63) is 53.5 Å². The lowest BCUT2D eigenvalue weighted by atomic mass is 10.2. The van der Waals surface area contributed by atoms with E-state index in [-0.39, 0.29) is 0 Å². The van der Waals surface area contributed by atoms with Crippen molar-refractivity contribution in [1.82, 2.24) is 15.2 Å². The van der Waals surface area contributed by atoms with Crippen molar-refractivity contribution < 1.29 is 18.6 Å². The van der Waals surface area contributed by atoms with Gasteiger partial charge in [0.05, 0.1) is 27.0 Å². The van der Waals surface area contributed by atoms with Gasteiger partial charge in [0.2, 0.25) is 5.89 Å². The maximum atomic E-state index is 5.76. The summed E-state index contributed by atoms with van der Waals surface area (Å²) in [6, 6.07) is 13.3. The Bertz CT molecular complexity index is 1130. The minimum absolute atomic E-state index is 0.476. The average Bonchev–Trinajstić information content (AvgIpc) is 3.47. The van der Waals surface area contributed by atoms with Gasteiger partial charge >= 0.3 is 0 Å². The van der Waals surface area contributed by atoms with Gasteiger partial charge in [0.15, 0.2) is 11.5 Å². The zero-order chi connectivity index (χ0) is 20.9. The highest BCUT2D eigenvalue weighted by molar-refractivity contribution is 7.98. The van der Waals surface area contributed by atoms with Crippen LogP contribution in [0.15, 0.2) is 57.5 Å². The molecule has 7 nitrogen and oxygen atoms in total. The van der Waals surface area contributed by atoms with E-state index in [0.29, 0.717) is 28.4 Å². The number of methoxy groups -OCH3 is 3. The SMILES string of the molecule is COc1ccc(-c2nnc(SCc3csc(-c4ccc(OC)c(OC)c4)n3)o2)cc1. The molecule has 0 radical (unpaired) electrons. The summed E-state index contributed by atoms with van der Waals surface area (Å²) in [5.74, 6) is 3.26. The van der Waals surface area contributed by atoms with Crippen LogP contribution in [0.5, 0.6) is 17.2 Å². The number of aromatic nitrogens is 3. The quantitative estimate of drug-likeness (QED) is 0.346. The highest BCUT2D eigenvalue weighted by Crippen LogP contribution is 2.34. The first-order valence-corrected chi connectivity index (χ1v) is 10.8. The highest BCUT2D eigenvalue weighted by Gasteiger charge is 2.12. The lowest BCUT2D eigenvalue weighted by molar-refractivity contribution is 0.355. The standard InChI is InChI=1S/C21H19N3O4S2/c1-25-16-7-4-13(5-8-16)19-23-24-21(28-19)30-12-15-11-29-20(22-15)14-6-9-17(26-2)18(10-14)27-3/h4-11H,12H2,1-3H3. The fourth-order valence-corrected chi connectivity index (χ4v) is 4.31. The first-order chi connectivity index (χ1) is 14.7. The molecule has 0 aliphatic heterocycles. The number of hydrogen-bond donors (Lipinski definition) is 0. The van der Waals surface area contributed by atoms with Gasteiger partial charge in [-0.2, -0.15) is 0 Å². The Morgan fingerprint density at radius 1 is 0.900 bits per heavy atom. The smallest absolute Gasteiger partial charge is 0.277 e. The molecule has 0 aliphatic carbocycles. The van der Waals surface area contributed by atoms with Crippen molar-refractivity contribution >= 4 is 23.1 Å². The monoisotopic (exact) mass is 441 g/mol. The average molecular weight is 442 g/mol. The summed E-state index contributed by atoms with van der Waals surface area (Å²) in [6.45, 7) is 0. The van der Waals surface area contributed by atoms with Gasteiger partial charge in [-0.15, -0.1) is 21.5 Å². The molecular weight excluding hydrogens is 422 g/mol. The molecule has 2 aromatic heterocycles. The van der Waals surface area contributed by atoms with Crippen LogP contribution in [0.3, 0.4) is 0 Å². The summed E-state index contributed by atoms with van der Waals surface area (Å²) in [5, 5.41) is 11.7. The molecular formula is C21H19N3O4S2. The lowest BCUT2D eigenvalue weighted by Crippen LogP contribution is -1.90. The molecule has 0 spiro atoms. The lowest BCUT2D eigenvalue weighted by Gasteiger charge is -2.08. The predicted molar refractivity (Wildman–Crippen MR) is 117 cm³/mol. The maximum Gasteiger partial charge on any atom is 0.277 e. The van der Waals surface area contributed by atoms with Gasteiger partial charge in [0.1, 0.15) is 10.8 Å². The number of ether oxygens (including phenoxy) is 3. The Hall–Kier alpha value is -3.04. The molecule has 0 amide bonds. The van der Waals surface area contributed by atoms with E-state index in [1.54, 1.807) is 32.7 Å². The van der Waals surface area contributed by atoms with E-state index in [9.17, 15) is 0 Å². The summed E-state index contributed by atoms with van der Waals surface area (Å²) >= 11 is 3.03. The zero-order valence-electron chi connectivity index (χ0n) is 16.6. The van der Waals surface area contributed by atoms with Crippen LogP contribution in [0.1, 0.15) is 5.69 Å². The minimum atomic E-state index is 0.476. The van der Waals surface area contributed by atoms with Crippen LogP contribution in [0.25, 0.3) is 22.0 Å². The van der Waals surface area contributed by atoms with Gasteiger partial charge in [-0.05, 0) is 42.5 Å². The number of hydrogen-bond acceptors (Lipinski definition) is 9. The molecule has 2 heterocycles. The molecule has 0 bridgehead atoms. The molecule has 154 valence electrons. The fourth-order valence-electron chi connectivity index (χ4n) is 2.73. The van der Waals surface area contributed by atoms with Crippen LogP contribution in [-0.2, 0) is 5.75 Å². The molecule has 9 heteroatoms. The van der Waals surface area contributed by atoms with Gasteiger partial charge in [0.25, 0.3) is 5.22 Å². The van der Waals surface area contributed by atoms with E-state index in [4.69, 9.17) is 23.6 Å². The first kappa shape index (κ1) is 20.2. The number of thioether (sulfide) groups is 1. The highest BCUT2D eigenvalue weighted by atomic mass is 32.2. The van der Waals surface area contributed by atoms with Crippen molar-refractivity contribution in [3.8, 4) is 39.3 Å². The summed E-state index contributed by atoms with van der Waals surface area (Å²) in [5.41, 5.74) is 2.77. The van der Waals surface area contributed by atoms with Gasteiger partial charge in [-0.1, -0.05) is 11.8 Å². The van der Waals surface area contributed by atoms with E-state index in [0.717, 1.165) is 27.6 Å². The van der Waals surface area contributed by atoms with Gasteiger partial charge in [-0.25, -0.2) is 4.98 Å². The largest absolute Gasteiger partial charge is 0.497 e. The first-order valence-electron chi connectivity index (χ1n) is 8.97. The molecule has 0 saturated heterocycles. The third-order valence-corrected chi connectivity index (χ3v) is 6.06. The summed E-state index contributed by atoms with van der Waals surface area (Å²) in [4.78, 5) is 4.71. The molecule has 0 fully saturated rings. The van der Waals surface area contributed by atoms with E-state index in [2.05, 4.69) is 10.2 Å². The van der Waals surface area contributed by atoms with Crippen LogP contribution in [0.2, 0.25) is 0 Å². The topological polar surface area (TPSA) is 79.5 Å². The number of rotatable bonds is 8. The Balaban J connectivity index is 1.42.